The fourth-order valence-corrected chi connectivity index (χ4v) is 5.81. The number of aromatic nitrogens is 1. The molecule has 3 aliphatic heterocycles. The van der Waals surface area contributed by atoms with Crippen LogP contribution in [-0.4, -0.2) is 43.2 Å². The van der Waals surface area contributed by atoms with E-state index in [9.17, 15) is 4.39 Å². The first-order valence-corrected chi connectivity index (χ1v) is 11.7. The first-order chi connectivity index (χ1) is 14.7. The second kappa shape index (κ2) is 8.44. The van der Waals surface area contributed by atoms with Crippen LogP contribution in [0.1, 0.15) is 45.4 Å². The third-order valence-corrected chi connectivity index (χ3v) is 7.53. The van der Waals surface area contributed by atoms with E-state index in [-0.39, 0.29) is 5.82 Å². The maximum atomic E-state index is 13.8. The number of nitrogens with zero attached hydrogens (tertiary/aromatic N) is 4. The summed E-state index contributed by atoms with van der Waals surface area (Å²) in [6.07, 6.45) is 9.30. The number of hydrogen-bond acceptors (Lipinski definition) is 4. The lowest BCUT2D eigenvalue weighted by atomic mass is 9.94. The van der Waals surface area contributed by atoms with Crippen molar-refractivity contribution in [1.82, 2.24) is 4.98 Å². The largest absolute Gasteiger partial charge is 0.371 e. The highest BCUT2D eigenvalue weighted by molar-refractivity contribution is 5.58. The van der Waals surface area contributed by atoms with Gasteiger partial charge in [0.25, 0.3) is 0 Å². The minimum absolute atomic E-state index is 0.148. The molecule has 3 saturated heterocycles. The predicted molar refractivity (Wildman–Crippen MR) is 122 cm³/mol. The highest BCUT2D eigenvalue weighted by Crippen LogP contribution is 2.37. The topological polar surface area (TPSA) is 22.6 Å². The van der Waals surface area contributed by atoms with Crippen LogP contribution in [0.2, 0.25) is 0 Å². The number of fused-ring (bicyclic) bond motifs is 1. The number of halogens is 1. The van der Waals surface area contributed by atoms with Crippen LogP contribution in [0.25, 0.3) is 0 Å². The van der Waals surface area contributed by atoms with Gasteiger partial charge in [-0.3, -0.25) is 0 Å². The maximum absolute atomic E-state index is 13.8. The molecular weight excluding hydrogens is 375 g/mol. The third-order valence-electron chi connectivity index (χ3n) is 7.53. The van der Waals surface area contributed by atoms with Crippen molar-refractivity contribution in [3.05, 3.63) is 48.4 Å². The quantitative estimate of drug-likeness (QED) is 0.702. The Bertz CT molecular complexity index is 864. The smallest absolute Gasteiger partial charge is 0.130 e. The fraction of sp³-hybridized carbons (Fsp3) is 0.560. The second-order valence-electron chi connectivity index (χ2n) is 9.14. The lowest BCUT2D eigenvalue weighted by Gasteiger charge is -2.41. The van der Waals surface area contributed by atoms with E-state index in [1.165, 1.54) is 37.4 Å². The Kier molecular flexibility index (Phi) is 5.53. The van der Waals surface area contributed by atoms with Gasteiger partial charge in [-0.1, -0.05) is 19.4 Å². The Labute approximate surface area is 179 Å². The first-order valence-electron chi connectivity index (χ1n) is 11.7. The lowest BCUT2D eigenvalue weighted by molar-refractivity contribution is 0.395. The molecule has 5 rings (SSSR count). The van der Waals surface area contributed by atoms with Gasteiger partial charge in [-0.15, -0.1) is 0 Å². The van der Waals surface area contributed by atoms with Gasteiger partial charge in [-0.2, -0.15) is 0 Å². The Morgan fingerprint density at radius 2 is 1.73 bits per heavy atom. The maximum Gasteiger partial charge on any atom is 0.130 e. The van der Waals surface area contributed by atoms with Crippen molar-refractivity contribution in [2.45, 2.75) is 57.5 Å². The Hall–Kier alpha value is -2.30. The first kappa shape index (κ1) is 19.7. The van der Waals surface area contributed by atoms with Crippen LogP contribution >= 0.6 is 0 Å². The molecule has 5 heteroatoms. The number of pyridine rings is 1. The van der Waals surface area contributed by atoms with Crippen molar-refractivity contribution < 1.29 is 4.39 Å². The normalized spacial score (nSPS) is 24.9. The summed E-state index contributed by atoms with van der Waals surface area (Å²) < 4.78 is 13.8. The van der Waals surface area contributed by atoms with Gasteiger partial charge >= 0.3 is 0 Å². The van der Waals surface area contributed by atoms with E-state index in [1.54, 1.807) is 6.07 Å². The number of rotatable bonds is 4. The minimum atomic E-state index is -0.148. The zero-order valence-corrected chi connectivity index (χ0v) is 18.0. The predicted octanol–water partition coefficient (Wildman–Crippen LogP) is 5.09. The molecule has 4 heterocycles. The van der Waals surface area contributed by atoms with E-state index >= 15 is 0 Å². The van der Waals surface area contributed by atoms with Crippen molar-refractivity contribution in [3.63, 3.8) is 0 Å². The molecule has 0 saturated carbocycles. The highest BCUT2D eigenvalue weighted by atomic mass is 19.1. The van der Waals surface area contributed by atoms with Crippen LogP contribution in [-0.2, 0) is 0 Å². The zero-order chi connectivity index (χ0) is 20.5. The van der Waals surface area contributed by atoms with Gasteiger partial charge in [0.2, 0.25) is 0 Å². The Morgan fingerprint density at radius 1 is 0.900 bits per heavy atom. The molecule has 0 N–H and O–H groups in total. The average molecular weight is 409 g/mol. The third kappa shape index (κ3) is 3.75. The summed E-state index contributed by atoms with van der Waals surface area (Å²) in [5, 5.41) is 0. The fourth-order valence-electron chi connectivity index (χ4n) is 5.81. The molecule has 4 nitrogen and oxygen atoms in total. The molecule has 3 aliphatic rings. The summed E-state index contributed by atoms with van der Waals surface area (Å²) in [4.78, 5) is 12.2. The molecule has 1 aromatic heterocycles. The molecule has 2 unspecified atom stereocenters. The molecule has 0 amide bonds. The van der Waals surface area contributed by atoms with Crippen LogP contribution in [0.15, 0.2) is 42.6 Å². The number of benzene rings is 1. The zero-order valence-electron chi connectivity index (χ0n) is 18.0. The highest BCUT2D eigenvalue weighted by Gasteiger charge is 2.41. The van der Waals surface area contributed by atoms with Crippen LogP contribution < -0.4 is 14.7 Å². The summed E-state index contributed by atoms with van der Waals surface area (Å²) in [7, 11) is 0. The van der Waals surface area contributed by atoms with Crippen molar-refractivity contribution in [2.75, 3.05) is 40.9 Å². The SMILES string of the molecule is CCC1CCN(c2ccnc(N3CCC4C3CCCN4c3cccc(F)c3)c2)CC1. The molecule has 1 aromatic carbocycles. The van der Waals surface area contributed by atoms with Gasteiger partial charge in [-0.05, 0) is 62.3 Å². The molecule has 0 radical (unpaired) electrons. The Morgan fingerprint density at radius 3 is 2.53 bits per heavy atom. The van der Waals surface area contributed by atoms with Crippen LogP contribution in [0.5, 0.6) is 0 Å². The van der Waals surface area contributed by atoms with Gasteiger partial charge in [0.05, 0.1) is 12.1 Å². The number of hydrogen-bond donors (Lipinski definition) is 0. The lowest BCUT2D eigenvalue weighted by Crippen LogP contribution is -2.50. The van der Waals surface area contributed by atoms with E-state index in [4.69, 9.17) is 4.98 Å². The molecule has 0 aliphatic carbocycles. The Balaban J connectivity index is 1.33. The van der Waals surface area contributed by atoms with Crippen molar-refractivity contribution >= 4 is 17.2 Å². The minimum Gasteiger partial charge on any atom is -0.371 e. The van der Waals surface area contributed by atoms with Gasteiger partial charge in [0.1, 0.15) is 11.6 Å². The molecule has 2 atom stereocenters. The summed E-state index contributed by atoms with van der Waals surface area (Å²) in [6.45, 7) is 6.66. The monoisotopic (exact) mass is 408 g/mol. The number of piperidine rings is 2. The summed E-state index contributed by atoms with van der Waals surface area (Å²) in [6, 6.07) is 12.5. The summed E-state index contributed by atoms with van der Waals surface area (Å²) >= 11 is 0. The molecule has 30 heavy (non-hydrogen) atoms. The summed E-state index contributed by atoms with van der Waals surface area (Å²) in [5.41, 5.74) is 2.34. The van der Waals surface area contributed by atoms with Crippen molar-refractivity contribution in [1.29, 1.82) is 0 Å². The molecule has 2 aromatic rings. The van der Waals surface area contributed by atoms with E-state index in [0.29, 0.717) is 12.1 Å². The molecule has 0 spiro atoms. The van der Waals surface area contributed by atoms with E-state index in [2.05, 4.69) is 33.8 Å². The molecular formula is C25H33FN4. The van der Waals surface area contributed by atoms with E-state index < -0.39 is 0 Å². The molecule has 160 valence electrons. The van der Waals surface area contributed by atoms with Crippen molar-refractivity contribution in [2.24, 2.45) is 5.92 Å². The van der Waals surface area contributed by atoms with Gasteiger partial charge in [0, 0.05) is 49.8 Å². The van der Waals surface area contributed by atoms with Crippen molar-refractivity contribution in [3.8, 4) is 0 Å². The number of anilines is 3. The van der Waals surface area contributed by atoms with Gasteiger partial charge in [-0.25, -0.2) is 9.37 Å². The molecule has 0 bridgehead atoms. The van der Waals surface area contributed by atoms with Crippen LogP contribution in [0.4, 0.5) is 21.6 Å². The van der Waals surface area contributed by atoms with E-state index in [1.807, 2.05) is 18.3 Å². The standard InChI is InChI=1S/C25H33FN4/c1-2-19-9-14-28(15-10-19)21-8-12-27-25(18-21)30-16-11-24-23(30)7-4-13-29(24)22-6-3-5-20(26)17-22/h3,5-6,8,12,17-19,23-24H,2,4,7,9-11,13-16H2,1H3. The van der Waals surface area contributed by atoms with E-state index in [0.717, 1.165) is 56.4 Å². The van der Waals surface area contributed by atoms with Crippen LogP contribution in [0, 0.1) is 11.7 Å². The van der Waals surface area contributed by atoms with Gasteiger partial charge in [0.15, 0.2) is 0 Å². The second-order valence-corrected chi connectivity index (χ2v) is 9.14. The molecule has 3 fully saturated rings. The average Bonchev–Trinajstić information content (AvgIpc) is 3.23. The summed E-state index contributed by atoms with van der Waals surface area (Å²) in [5.74, 6) is 1.85. The van der Waals surface area contributed by atoms with Gasteiger partial charge < -0.3 is 14.7 Å². The van der Waals surface area contributed by atoms with Crippen LogP contribution in [0.3, 0.4) is 0 Å².